The summed E-state index contributed by atoms with van der Waals surface area (Å²) in [6.07, 6.45) is 4.76. The van der Waals surface area contributed by atoms with Gasteiger partial charge in [0.1, 0.15) is 5.82 Å². The highest BCUT2D eigenvalue weighted by Gasteiger charge is 2.14. The van der Waals surface area contributed by atoms with E-state index < -0.39 is 0 Å². The lowest BCUT2D eigenvalue weighted by Crippen LogP contribution is -2.20. The number of aryl methyl sites for hydroxylation is 1. The van der Waals surface area contributed by atoms with Crippen molar-refractivity contribution in [1.82, 2.24) is 14.5 Å². The molecule has 0 N–H and O–H groups in total. The quantitative estimate of drug-likeness (QED) is 0.730. The van der Waals surface area contributed by atoms with E-state index in [1.54, 1.807) is 43.7 Å². The third-order valence-electron chi connectivity index (χ3n) is 3.22. The van der Waals surface area contributed by atoms with Crippen molar-refractivity contribution in [3.63, 3.8) is 0 Å². The van der Waals surface area contributed by atoms with Crippen LogP contribution < -0.4 is 5.56 Å². The maximum atomic E-state index is 13.1. The fourth-order valence-electron chi connectivity index (χ4n) is 2.14. The van der Waals surface area contributed by atoms with E-state index in [2.05, 4.69) is 9.97 Å². The molecule has 2 aromatic heterocycles. The van der Waals surface area contributed by atoms with Gasteiger partial charge in [0, 0.05) is 25.0 Å². The van der Waals surface area contributed by atoms with Crippen molar-refractivity contribution in [3.8, 4) is 22.4 Å². The van der Waals surface area contributed by atoms with Gasteiger partial charge >= 0.3 is 0 Å². The van der Waals surface area contributed by atoms with Crippen LogP contribution in [0.2, 0.25) is 0 Å². The molecule has 112 valence electrons. The van der Waals surface area contributed by atoms with Gasteiger partial charge in [0.05, 0.1) is 17.6 Å². The zero-order valence-electron chi connectivity index (χ0n) is 11.7. The Morgan fingerprint density at radius 3 is 2.27 bits per heavy atom. The fourth-order valence-corrected chi connectivity index (χ4v) is 2.14. The van der Waals surface area contributed by atoms with Gasteiger partial charge in [0.25, 0.3) is 5.56 Å². The lowest BCUT2D eigenvalue weighted by Gasteiger charge is -2.10. The van der Waals surface area contributed by atoms with Gasteiger partial charge in [0.15, 0.2) is 0 Å². The van der Waals surface area contributed by atoms with Gasteiger partial charge in [-0.3, -0.25) is 9.78 Å². The SMILES string of the molecule is Cl.Cn1cnc(-c2ccncc2)c(-c2ccc(F)cc2)c1=O. The molecule has 4 nitrogen and oxygen atoms in total. The highest BCUT2D eigenvalue weighted by molar-refractivity contribution is 5.85. The first kappa shape index (κ1) is 15.9. The van der Waals surface area contributed by atoms with Crippen LogP contribution in [0.15, 0.2) is 59.9 Å². The summed E-state index contributed by atoms with van der Waals surface area (Å²) < 4.78 is 14.5. The third kappa shape index (κ3) is 2.89. The van der Waals surface area contributed by atoms with Gasteiger partial charge in [0.2, 0.25) is 0 Å². The molecule has 3 aromatic rings. The van der Waals surface area contributed by atoms with Gasteiger partial charge in [-0.15, -0.1) is 12.4 Å². The van der Waals surface area contributed by atoms with E-state index in [4.69, 9.17) is 0 Å². The summed E-state index contributed by atoms with van der Waals surface area (Å²) >= 11 is 0. The van der Waals surface area contributed by atoms with Gasteiger partial charge in [-0.2, -0.15) is 0 Å². The maximum absolute atomic E-state index is 13.1. The Hall–Kier alpha value is -2.53. The molecule has 0 bridgehead atoms. The molecule has 22 heavy (non-hydrogen) atoms. The molecule has 3 rings (SSSR count). The lowest BCUT2D eigenvalue weighted by molar-refractivity contribution is 0.628. The predicted molar refractivity (Wildman–Crippen MR) is 85.4 cm³/mol. The van der Waals surface area contributed by atoms with Gasteiger partial charge in [-0.25, -0.2) is 9.37 Å². The molecule has 6 heteroatoms. The van der Waals surface area contributed by atoms with Gasteiger partial charge in [-0.1, -0.05) is 12.1 Å². The summed E-state index contributed by atoms with van der Waals surface area (Å²) in [4.78, 5) is 20.8. The van der Waals surface area contributed by atoms with Crippen molar-refractivity contribution in [2.24, 2.45) is 7.05 Å². The Labute approximate surface area is 132 Å². The van der Waals surface area contributed by atoms with Crippen molar-refractivity contribution in [2.75, 3.05) is 0 Å². The monoisotopic (exact) mass is 317 g/mol. The molecule has 0 saturated heterocycles. The minimum Gasteiger partial charge on any atom is -0.302 e. The number of pyridine rings is 1. The first-order valence-electron chi connectivity index (χ1n) is 6.39. The molecule has 0 aliphatic heterocycles. The Kier molecular flexibility index (Phi) is 4.68. The maximum Gasteiger partial charge on any atom is 0.261 e. The summed E-state index contributed by atoms with van der Waals surface area (Å²) in [5.74, 6) is -0.343. The number of rotatable bonds is 2. The minimum atomic E-state index is -0.343. The molecule has 0 fully saturated rings. The van der Waals surface area contributed by atoms with Crippen molar-refractivity contribution in [1.29, 1.82) is 0 Å². The second-order valence-corrected chi connectivity index (χ2v) is 4.63. The van der Waals surface area contributed by atoms with Crippen LogP contribution in [0.5, 0.6) is 0 Å². The zero-order chi connectivity index (χ0) is 14.8. The number of hydrogen-bond acceptors (Lipinski definition) is 3. The Morgan fingerprint density at radius 1 is 1.00 bits per heavy atom. The zero-order valence-corrected chi connectivity index (χ0v) is 12.5. The Morgan fingerprint density at radius 2 is 1.64 bits per heavy atom. The standard InChI is InChI=1S/C16H12FN3O.ClH/c1-20-10-19-15(12-6-8-18-9-7-12)14(16(20)21)11-2-4-13(17)5-3-11;/h2-10H,1H3;1H. The van der Waals surface area contributed by atoms with Crippen LogP contribution in [-0.2, 0) is 7.05 Å². The van der Waals surface area contributed by atoms with Gasteiger partial charge in [-0.05, 0) is 29.8 Å². The summed E-state index contributed by atoms with van der Waals surface area (Å²) in [7, 11) is 1.64. The minimum absolute atomic E-state index is 0. The van der Waals surface area contributed by atoms with Crippen LogP contribution >= 0.6 is 12.4 Å². The summed E-state index contributed by atoms with van der Waals surface area (Å²) in [6.45, 7) is 0. The average Bonchev–Trinajstić information content (AvgIpc) is 2.52. The largest absolute Gasteiger partial charge is 0.302 e. The molecular formula is C16H13ClFN3O. The van der Waals surface area contributed by atoms with Gasteiger partial charge < -0.3 is 4.57 Å². The van der Waals surface area contributed by atoms with Crippen molar-refractivity contribution >= 4 is 12.4 Å². The average molecular weight is 318 g/mol. The second kappa shape index (κ2) is 6.49. The van der Waals surface area contributed by atoms with Crippen LogP contribution in [-0.4, -0.2) is 14.5 Å². The molecule has 0 aliphatic carbocycles. The van der Waals surface area contributed by atoms with E-state index in [1.165, 1.54) is 23.0 Å². The highest BCUT2D eigenvalue weighted by Crippen LogP contribution is 2.26. The molecule has 0 aliphatic rings. The molecule has 0 amide bonds. The van der Waals surface area contributed by atoms with Crippen molar-refractivity contribution in [3.05, 3.63) is 71.3 Å². The van der Waals surface area contributed by atoms with E-state index >= 15 is 0 Å². The molecule has 0 unspecified atom stereocenters. The van der Waals surface area contributed by atoms with Crippen molar-refractivity contribution in [2.45, 2.75) is 0 Å². The number of aromatic nitrogens is 3. The van der Waals surface area contributed by atoms with Crippen LogP contribution in [0.25, 0.3) is 22.4 Å². The summed E-state index contributed by atoms with van der Waals surface area (Å²) in [5.41, 5.74) is 2.26. The van der Waals surface area contributed by atoms with Crippen LogP contribution in [0.1, 0.15) is 0 Å². The lowest BCUT2D eigenvalue weighted by atomic mass is 10.0. The fraction of sp³-hybridized carbons (Fsp3) is 0.0625. The topological polar surface area (TPSA) is 47.8 Å². The van der Waals surface area contributed by atoms with E-state index in [0.717, 1.165) is 5.56 Å². The van der Waals surface area contributed by atoms with Crippen LogP contribution in [0, 0.1) is 5.82 Å². The van der Waals surface area contributed by atoms with E-state index in [1.807, 2.05) is 0 Å². The summed E-state index contributed by atoms with van der Waals surface area (Å²) in [6, 6.07) is 9.40. The molecule has 0 atom stereocenters. The van der Waals surface area contributed by atoms with E-state index in [0.29, 0.717) is 16.8 Å². The predicted octanol–water partition coefficient (Wildman–Crippen LogP) is 3.07. The molecule has 0 saturated carbocycles. The molecule has 2 heterocycles. The molecule has 1 aromatic carbocycles. The molecule has 0 radical (unpaired) electrons. The first-order valence-corrected chi connectivity index (χ1v) is 6.39. The Balaban J connectivity index is 0.00000176. The summed E-state index contributed by atoms with van der Waals surface area (Å²) in [5, 5.41) is 0. The number of benzene rings is 1. The molecular weight excluding hydrogens is 305 g/mol. The Bertz CT molecular complexity index is 832. The number of hydrogen-bond donors (Lipinski definition) is 0. The normalized spacial score (nSPS) is 10.1. The van der Waals surface area contributed by atoms with Crippen LogP contribution in [0.3, 0.4) is 0 Å². The number of nitrogens with zero attached hydrogens (tertiary/aromatic N) is 3. The van der Waals surface area contributed by atoms with Crippen molar-refractivity contribution < 1.29 is 4.39 Å². The third-order valence-corrected chi connectivity index (χ3v) is 3.22. The number of halogens is 2. The first-order chi connectivity index (χ1) is 10.2. The molecule has 0 spiro atoms. The van der Waals surface area contributed by atoms with E-state index in [-0.39, 0.29) is 23.8 Å². The second-order valence-electron chi connectivity index (χ2n) is 4.63. The smallest absolute Gasteiger partial charge is 0.261 e. The van der Waals surface area contributed by atoms with E-state index in [9.17, 15) is 9.18 Å². The highest BCUT2D eigenvalue weighted by atomic mass is 35.5. The van der Waals surface area contributed by atoms with Crippen LogP contribution in [0.4, 0.5) is 4.39 Å².